The fourth-order valence-corrected chi connectivity index (χ4v) is 6.14. The summed E-state index contributed by atoms with van der Waals surface area (Å²) in [5, 5.41) is 3.23. The first-order chi connectivity index (χ1) is 20.6. The van der Waals surface area contributed by atoms with E-state index >= 15 is 0 Å². The third-order valence-electron chi connectivity index (χ3n) is 6.73. The Morgan fingerprint density at radius 2 is 1.42 bits per heavy atom. The van der Waals surface area contributed by atoms with Gasteiger partial charge in [0.05, 0.1) is 10.6 Å². The lowest BCUT2D eigenvalue weighted by Gasteiger charge is -2.34. The number of hydrogen-bond donors (Lipinski definition) is 1. The van der Waals surface area contributed by atoms with Crippen LogP contribution >= 0.6 is 11.6 Å². The molecule has 7 nitrogen and oxygen atoms in total. The van der Waals surface area contributed by atoms with Gasteiger partial charge >= 0.3 is 0 Å². The summed E-state index contributed by atoms with van der Waals surface area (Å²) in [5.74, 6) is -1.66. The first-order valence-corrected chi connectivity index (χ1v) is 15.6. The molecule has 0 fully saturated rings. The molecule has 4 rings (SSSR count). The maximum Gasteiger partial charge on any atom is 0.264 e. The molecule has 43 heavy (non-hydrogen) atoms. The van der Waals surface area contributed by atoms with Gasteiger partial charge in [0.15, 0.2) is 0 Å². The standard InChI is InChI=1S/C33H33ClFN3O4S/c1-24(2)36-33(40)31(21-25-11-5-3-6-12-25)37(22-26-13-9-10-16-30(26)35)32(39)23-38(28-14-7-4-8-15-28)43(41,42)29-19-17-27(34)18-20-29/h3-20,24,31H,21-23H2,1-2H3,(H,36,40)/t31-/m1/s1. The lowest BCUT2D eigenvalue weighted by atomic mass is 10.0. The maximum atomic E-state index is 14.9. The highest BCUT2D eigenvalue weighted by Crippen LogP contribution is 2.26. The van der Waals surface area contributed by atoms with Gasteiger partial charge in [0, 0.05) is 29.6 Å². The van der Waals surface area contributed by atoms with Crippen molar-refractivity contribution in [2.75, 3.05) is 10.8 Å². The Morgan fingerprint density at radius 3 is 2.02 bits per heavy atom. The van der Waals surface area contributed by atoms with Crippen LogP contribution in [0.1, 0.15) is 25.0 Å². The molecule has 0 heterocycles. The van der Waals surface area contributed by atoms with E-state index in [0.717, 1.165) is 9.87 Å². The minimum atomic E-state index is -4.25. The zero-order valence-electron chi connectivity index (χ0n) is 23.9. The first kappa shape index (κ1) is 31.7. The number of carbonyl (C=O) groups is 2. The smallest absolute Gasteiger partial charge is 0.264 e. The Hall–Kier alpha value is -4.21. The minimum absolute atomic E-state index is 0.0624. The van der Waals surface area contributed by atoms with Gasteiger partial charge in [-0.25, -0.2) is 12.8 Å². The summed E-state index contributed by atoms with van der Waals surface area (Å²) in [6.45, 7) is 2.72. The first-order valence-electron chi connectivity index (χ1n) is 13.8. The second kappa shape index (κ2) is 14.3. The van der Waals surface area contributed by atoms with E-state index in [1.807, 2.05) is 30.3 Å². The van der Waals surface area contributed by atoms with Gasteiger partial charge < -0.3 is 10.2 Å². The average Bonchev–Trinajstić information content (AvgIpc) is 2.99. The van der Waals surface area contributed by atoms with E-state index in [0.29, 0.717) is 5.02 Å². The maximum absolute atomic E-state index is 14.9. The summed E-state index contributed by atoms with van der Waals surface area (Å²) in [6.07, 6.45) is 0.134. The molecule has 0 aromatic heterocycles. The van der Waals surface area contributed by atoms with Crippen molar-refractivity contribution < 1.29 is 22.4 Å². The predicted molar refractivity (Wildman–Crippen MR) is 167 cm³/mol. The van der Waals surface area contributed by atoms with E-state index in [9.17, 15) is 22.4 Å². The molecule has 0 aliphatic rings. The average molecular weight is 622 g/mol. The number of rotatable bonds is 12. The molecule has 0 bridgehead atoms. The molecule has 10 heteroatoms. The highest BCUT2D eigenvalue weighted by Gasteiger charge is 2.35. The fraction of sp³-hybridized carbons (Fsp3) is 0.212. The normalized spacial score (nSPS) is 12.0. The van der Waals surface area contributed by atoms with Crippen molar-refractivity contribution in [2.45, 2.75) is 43.8 Å². The van der Waals surface area contributed by atoms with Crippen molar-refractivity contribution in [1.29, 1.82) is 0 Å². The minimum Gasteiger partial charge on any atom is -0.352 e. The van der Waals surface area contributed by atoms with E-state index in [1.54, 1.807) is 50.2 Å². The Kier molecular flexibility index (Phi) is 10.6. The Morgan fingerprint density at radius 1 is 0.837 bits per heavy atom. The molecule has 0 spiro atoms. The Balaban J connectivity index is 1.79. The van der Waals surface area contributed by atoms with Crippen molar-refractivity contribution in [3.05, 3.63) is 131 Å². The monoisotopic (exact) mass is 621 g/mol. The number of benzene rings is 4. The molecule has 1 atom stereocenters. The molecular formula is C33H33ClFN3O4S. The lowest BCUT2D eigenvalue weighted by molar-refractivity contribution is -0.140. The SMILES string of the molecule is CC(C)NC(=O)[C@@H](Cc1ccccc1)N(Cc1ccccc1F)C(=O)CN(c1ccccc1)S(=O)(=O)c1ccc(Cl)cc1. The van der Waals surface area contributed by atoms with Crippen LogP contribution in [0.15, 0.2) is 114 Å². The number of halogens is 2. The third-order valence-corrected chi connectivity index (χ3v) is 8.77. The van der Waals surface area contributed by atoms with Gasteiger partial charge in [-0.05, 0) is 61.9 Å². The Labute approximate surface area is 257 Å². The highest BCUT2D eigenvalue weighted by atomic mass is 35.5. The summed E-state index contributed by atoms with van der Waals surface area (Å²) in [6, 6.07) is 27.7. The van der Waals surface area contributed by atoms with Gasteiger partial charge in [-0.15, -0.1) is 0 Å². The summed E-state index contributed by atoms with van der Waals surface area (Å²) >= 11 is 6.00. The van der Waals surface area contributed by atoms with Crippen LogP contribution in [0, 0.1) is 5.82 Å². The van der Waals surface area contributed by atoms with Gasteiger partial charge in [-0.1, -0.05) is 78.3 Å². The van der Waals surface area contributed by atoms with E-state index in [1.165, 1.54) is 47.4 Å². The zero-order chi connectivity index (χ0) is 31.0. The van der Waals surface area contributed by atoms with Crippen LogP contribution in [0.4, 0.5) is 10.1 Å². The number of nitrogens with one attached hydrogen (secondary N) is 1. The molecule has 4 aromatic rings. The summed E-state index contributed by atoms with van der Waals surface area (Å²) in [5.41, 5.74) is 1.23. The number of para-hydroxylation sites is 1. The second-order valence-electron chi connectivity index (χ2n) is 10.3. The molecule has 2 amide bonds. The lowest BCUT2D eigenvalue weighted by Crippen LogP contribution is -2.54. The van der Waals surface area contributed by atoms with Crippen LogP contribution in [0.5, 0.6) is 0 Å². The molecule has 1 N–H and O–H groups in total. The van der Waals surface area contributed by atoms with E-state index in [4.69, 9.17) is 11.6 Å². The molecule has 0 aliphatic carbocycles. The third kappa shape index (κ3) is 8.21. The summed E-state index contributed by atoms with van der Waals surface area (Å²) in [4.78, 5) is 29.1. The van der Waals surface area contributed by atoms with Crippen molar-refractivity contribution in [1.82, 2.24) is 10.2 Å². The van der Waals surface area contributed by atoms with Gasteiger partial charge in [0.1, 0.15) is 18.4 Å². The predicted octanol–water partition coefficient (Wildman–Crippen LogP) is 5.84. The molecule has 4 aromatic carbocycles. The van der Waals surface area contributed by atoms with E-state index < -0.39 is 40.2 Å². The van der Waals surface area contributed by atoms with E-state index in [-0.39, 0.29) is 35.2 Å². The number of amides is 2. The zero-order valence-corrected chi connectivity index (χ0v) is 25.4. The number of nitrogens with zero attached hydrogens (tertiary/aromatic N) is 2. The molecular weight excluding hydrogens is 589 g/mol. The molecule has 224 valence electrons. The molecule has 0 saturated heterocycles. The van der Waals surface area contributed by atoms with Crippen LogP contribution in [-0.4, -0.2) is 43.8 Å². The summed E-state index contributed by atoms with van der Waals surface area (Å²) < 4.78 is 43.8. The largest absolute Gasteiger partial charge is 0.352 e. The molecule has 0 radical (unpaired) electrons. The van der Waals surface area contributed by atoms with Crippen molar-refractivity contribution in [3.63, 3.8) is 0 Å². The number of carbonyl (C=O) groups excluding carboxylic acids is 2. The van der Waals surface area contributed by atoms with Crippen LogP contribution in [0.3, 0.4) is 0 Å². The molecule has 0 aliphatic heterocycles. The van der Waals surface area contributed by atoms with Crippen molar-refractivity contribution >= 4 is 39.1 Å². The van der Waals surface area contributed by atoms with E-state index in [2.05, 4.69) is 5.32 Å². The van der Waals surface area contributed by atoms with Crippen molar-refractivity contribution in [3.8, 4) is 0 Å². The molecule has 0 saturated carbocycles. The van der Waals surface area contributed by atoms with Crippen molar-refractivity contribution in [2.24, 2.45) is 0 Å². The van der Waals surface area contributed by atoms with Crippen LogP contribution < -0.4 is 9.62 Å². The topological polar surface area (TPSA) is 86.8 Å². The molecule has 0 unspecified atom stereocenters. The van der Waals surface area contributed by atoms with Crippen LogP contribution in [-0.2, 0) is 32.6 Å². The van der Waals surface area contributed by atoms with Gasteiger partial charge in [0.25, 0.3) is 10.0 Å². The van der Waals surface area contributed by atoms with Gasteiger partial charge in [-0.2, -0.15) is 0 Å². The van der Waals surface area contributed by atoms with Gasteiger partial charge in [0.2, 0.25) is 11.8 Å². The second-order valence-corrected chi connectivity index (χ2v) is 12.6. The number of sulfonamides is 1. The number of anilines is 1. The van der Waals surface area contributed by atoms with Crippen LogP contribution in [0.2, 0.25) is 5.02 Å². The van der Waals surface area contributed by atoms with Gasteiger partial charge in [-0.3, -0.25) is 13.9 Å². The Bertz CT molecular complexity index is 1640. The quantitative estimate of drug-likeness (QED) is 0.215. The fourth-order valence-electron chi connectivity index (χ4n) is 4.60. The van der Waals surface area contributed by atoms with Crippen LogP contribution in [0.25, 0.3) is 0 Å². The number of hydrogen-bond acceptors (Lipinski definition) is 4. The summed E-state index contributed by atoms with van der Waals surface area (Å²) in [7, 11) is -4.25. The highest BCUT2D eigenvalue weighted by molar-refractivity contribution is 7.92.